The number of aromatic amines is 2. The number of benzene rings is 1. The van der Waals surface area contributed by atoms with Crippen LogP contribution in [0.2, 0.25) is 10.0 Å². The molecule has 0 aliphatic carbocycles. The van der Waals surface area contributed by atoms with Gasteiger partial charge in [-0.25, -0.2) is 4.79 Å². The van der Waals surface area contributed by atoms with Crippen LogP contribution in [0.5, 0.6) is 5.88 Å². The molecule has 0 saturated heterocycles. The lowest BCUT2D eigenvalue weighted by Crippen LogP contribution is -2.25. The Labute approximate surface area is 121 Å². The molecule has 0 atom stereocenters. The van der Waals surface area contributed by atoms with E-state index in [1.54, 1.807) is 12.1 Å². The Morgan fingerprint density at radius 1 is 1.25 bits per heavy atom. The lowest BCUT2D eigenvalue weighted by Gasteiger charge is -2.03. The Hall–Kier alpha value is -2.25. The van der Waals surface area contributed by atoms with Crippen LogP contribution in [0.3, 0.4) is 0 Å². The first-order valence-corrected chi connectivity index (χ1v) is 6.02. The second kappa shape index (κ2) is 5.81. The summed E-state index contributed by atoms with van der Waals surface area (Å²) in [4.78, 5) is 26.3. The summed E-state index contributed by atoms with van der Waals surface area (Å²) >= 11 is 11.7. The second-order valence-corrected chi connectivity index (χ2v) is 4.51. The van der Waals surface area contributed by atoms with E-state index in [-0.39, 0.29) is 5.56 Å². The minimum Gasteiger partial charge on any atom is -0.494 e. The molecule has 0 bridgehead atoms. The summed E-state index contributed by atoms with van der Waals surface area (Å²) in [7, 11) is 0. The van der Waals surface area contributed by atoms with Crippen LogP contribution in [0.1, 0.15) is 5.56 Å². The molecular weight excluding hydrogens is 307 g/mol. The fourth-order valence-electron chi connectivity index (χ4n) is 1.35. The zero-order valence-corrected chi connectivity index (χ0v) is 11.3. The second-order valence-electron chi connectivity index (χ2n) is 3.66. The number of hydrogen-bond acceptors (Lipinski definition) is 5. The topological polar surface area (TPSA) is 110 Å². The minimum absolute atomic E-state index is 0.199. The Bertz CT molecular complexity index is 782. The fraction of sp³-hybridized carbons (Fsp3) is 0. The average Bonchev–Trinajstić information content (AvgIpc) is 2.36. The Morgan fingerprint density at radius 3 is 2.70 bits per heavy atom. The monoisotopic (exact) mass is 314 g/mol. The van der Waals surface area contributed by atoms with Crippen LogP contribution in [-0.2, 0) is 0 Å². The van der Waals surface area contributed by atoms with Gasteiger partial charge >= 0.3 is 5.69 Å². The van der Waals surface area contributed by atoms with Gasteiger partial charge in [-0.15, -0.1) is 0 Å². The maximum atomic E-state index is 11.4. The van der Waals surface area contributed by atoms with Crippen molar-refractivity contribution in [2.75, 3.05) is 5.43 Å². The van der Waals surface area contributed by atoms with E-state index in [9.17, 15) is 14.7 Å². The van der Waals surface area contributed by atoms with Gasteiger partial charge in [-0.1, -0.05) is 23.2 Å². The molecule has 104 valence electrons. The van der Waals surface area contributed by atoms with Crippen LogP contribution in [0.4, 0.5) is 5.69 Å². The number of hydrazone groups is 1. The van der Waals surface area contributed by atoms with E-state index in [0.717, 1.165) is 6.21 Å². The summed E-state index contributed by atoms with van der Waals surface area (Å²) in [5.41, 5.74) is 1.22. The number of aromatic nitrogens is 2. The number of anilines is 1. The summed E-state index contributed by atoms with van der Waals surface area (Å²) in [6.45, 7) is 0. The predicted octanol–water partition coefficient (Wildman–Crippen LogP) is 1.52. The lowest BCUT2D eigenvalue weighted by atomic mass is 10.3. The minimum atomic E-state index is -0.810. The van der Waals surface area contributed by atoms with E-state index in [0.29, 0.717) is 15.7 Å². The molecule has 1 aromatic heterocycles. The number of nitrogens with one attached hydrogen (secondary N) is 3. The molecule has 1 aromatic carbocycles. The highest BCUT2D eigenvalue weighted by molar-refractivity contribution is 6.35. The van der Waals surface area contributed by atoms with Crippen LogP contribution < -0.4 is 16.7 Å². The summed E-state index contributed by atoms with van der Waals surface area (Å²) < 4.78 is 0. The van der Waals surface area contributed by atoms with Crippen LogP contribution in [0.15, 0.2) is 32.9 Å². The molecule has 0 fully saturated rings. The summed E-state index contributed by atoms with van der Waals surface area (Å²) in [6, 6.07) is 4.72. The maximum absolute atomic E-state index is 11.4. The van der Waals surface area contributed by atoms with Crippen LogP contribution >= 0.6 is 23.2 Å². The third-order valence-corrected chi connectivity index (χ3v) is 2.83. The molecule has 0 amide bonds. The Balaban J connectivity index is 2.25. The molecule has 0 aliphatic heterocycles. The van der Waals surface area contributed by atoms with Gasteiger partial charge in [-0.2, -0.15) is 5.10 Å². The summed E-state index contributed by atoms with van der Waals surface area (Å²) in [5.74, 6) is -0.582. The van der Waals surface area contributed by atoms with Crippen LogP contribution in [0, 0.1) is 0 Å². The van der Waals surface area contributed by atoms with Gasteiger partial charge in [0.05, 0.1) is 16.9 Å². The van der Waals surface area contributed by atoms with Crippen LogP contribution in [-0.4, -0.2) is 21.3 Å². The lowest BCUT2D eigenvalue weighted by molar-refractivity contribution is 0.447. The maximum Gasteiger partial charge on any atom is 0.328 e. The van der Waals surface area contributed by atoms with Crippen molar-refractivity contribution in [2.24, 2.45) is 5.10 Å². The molecular formula is C11H8Cl2N4O3. The molecule has 2 aromatic rings. The van der Waals surface area contributed by atoms with Crippen molar-refractivity contribution in [1.82, 2.24) is 9.97 Å². The molecule has 7 nitrogen and oxygen atoms in total. The summed E-state index contributed by atoms with van der Waals surface area (Å²) in [6.07, 6.45) is 1.04. The number of rotatable bonds is 3. The summed E-state index contributed by atoms with van der Waals surface area (Å²) in [5, 5.41) is 14.0. The van der Waals surface area contributed by atoms with Crippen molar-refractivity contribution >= 4 is 35.1 Å². The van der Waals surface area contributed by atoms with Crippen LogP contribution in [0.25, 0.3) is 0 Å². The van der Waals surface area contributed by atoms with Crippen molar-refractivity contribution in [3.05, 3.63) is 54.6 Å². The van der Waals surface area contributed by atoms with E-state index in [4.69, 9.17) is 23.2 Å². The molecule has 9 heteroatoms. The van der Waals surface area contributed by atoms with Crippen molar-refractivity contribution in [1.29, 1.82) is 0 Å². The third-order valence-electron chi connectivity index (χ3n) is 2.27. The van der Waals surface area contributed by atoms with Gasteiger partial charge in [0, 0.05) is 5.02 Å². The fourth-order valence-corrected chi connectivity index (χ4v) is 1.69. The SMILES string of the molecule is O=c1[nH]c(O)c(C=NNc2cc(Cl)ccc2Cl)c(=O)[nH]1. The molecule has 20 heavy (non-hydrogen) atoms. The van der Waals surface area contributed by atoms with Gasteiger partial charge in [-0.3, -0.25) is 20.2 Å². The number of H-pyrrole nitrogens is 2. The highest BCUT2D eigenvalue weighted by atomic mass is 35.5. The number of halogens is 2. The van der Waals surface area contributed by atoms with Crippen molar-refractivity contribution in [2.45, 2.75) is 0 Å². The van der Waals surface area contributed by atoms with E-state index < -0.39 is 17.1 Å². The van der Waals surface area contributed by atoms with E-state index in [1.165, 1.54) is 6.07 Å². The number of aromatic hydroxyl groups is 1. The van der Waals surface area contributed by atoms with Crippen molar-refractivity contribution in [3.8, 4) is 5.88 Å². The van der Waals surface area contributed by atoms with E-state index in [2.05, 4.69) is 10.5 Å². The van der Waals surface area contributed by atoms with Gasteiger partial charge in [-0.05, 0) is 18.2 Å². The van der Waals surface area contributed by atoms with E-state index >= 15 is 0 Å². The Morgan fingerprint density at radius 2 is 2.00 bits per heavy atom. The molecule has 0 spiro atoms. The third kappa shape index (κ3) is 3.19. The van der Waals surface area contributed by atoms with Gasteiger partial charge in [0.25, 0.3) is 5.56 Å². The molecule has 0 radical (unpaired) electrons. The molecule has 0 unspecified atom stereocenters. The molecule has 1 heterocycles. The number of hydrogen-bond donors (Lipinski definition) is 4. The average molecular weight is 315 g/mol. The Kier molecular flexibility index (Phi) is 4.11. The highest BCUT2D eigenvalue weighted by Crippen LogP contribution is 2.25. The zero-order chi connectivity index (χ0) is 14.7. The van der Waals surface area contributed by atoms with Gasteiger partial charge in [0.2, 0.25) is 5.88 Å². The zero-order valence-electron chi connectivity index (χ0n) is 9.78. The van der Waals surface area contributed by atoms with E-state index in [1.807, 2.05) is 9.97 Å². The van der Waals surface area contributed by atoms with Gasteiger partial charge < -0.3 is 5.11 Å². The largest absolute Gasteiger partial charge is 0.494 e. The highest BCUT2D eigenvalue weighted by Gasteiger charge is 2.05. The molecule has 0 aliphatic rings. The molecule has 0 saturated carbocycles. The quantitative estimate of drug-likeness (QED) is 0.508. The van der Waals surface area contributed by atoms with Crippen molar-refractivity contribution in [3.63, 3.8) is 0 Å². The molecule has 4 N–H and O–H groups in total. The first kappa shape index (κ1) is 14.2. The van der Waals surface area contributed by atoms with Crippen molar-refractivity contribution < 1.29 is 5.11 Å². The first-order valence-electron chi connectivity index (χ1n) is 5.27. The normalized spacial score (nSPS) is 10.9. The first-order chi connectivity index (χ1) is 9.47. The van der Waals surface area contributed by atoms with Gasteiger partial charge in [0.1, 0.15) is 5.56 Å². The molecule has 2 rings (SSSR count). The smallest absolute Gasteiger partial charge is 0.328 e. The standard InChI is InChI=1S/C11H8Cl2N4O3/c12-5-1-2-7(13)8(3-5)17-14-4-6-9(18)15-11(20)16-10(6)19/h1-4,17H,(H3,15,16,18,19,20). The number of nitrogens with zero attached hydrogens (tertiary/aromatic N) is 1. The predicted molar refractivity (Wildman–Crippen MR) is 77.0 cm³/mol. The van der Waals surface area contributed by atoms with Gasteiger partial charge in [0.15, 0.2) is 0 Å².